The van der Waals surface area contributed by atoms with Crippen LogP contribution in [0, 0.1) is 0 Å². The van der Waals surface area contributed by atoms with Gasteiger partial charge in [-0.3, -0.25) is 10.1 Å². The normalized spacial score (nSPS) is 11.1. The summed E-state index contributed by atoms with van der Waals surface area (Å²) in [6.07, 6.45) is 0.719. The van der Waals surface area contributed by atoms with E-state index in [9.17, 15) is 13.2 Å². The minimum atomic E-state index is -3.52. The fraction of sp³-hybridized carbons (Fsp3) is 0.167. The van der Waals surface area contributed by atoms with Gasteiger partial charge in [0.2, 0.25) is 10.0 Å². The van der Waals surface area contributed by atoms with Crippen molar-refractivity contribution in [2.75, 3.05) is 26.0 Å². The van der Waals surface area contributed by atoms with Crippen molar-refractivity contribution >= 4 is 38.9 Å². The maximum Gasteiger partial charge on any atom is 0.261 e. The van der Waals surface area contributed by atoms with Crippen LogP contribution in [0.25, 0.3) is 0 Å². The topological polar surface area (TPSA) is 87.7 Å². The highest BCUT2D eigenvalue weighted by atomic mass is 32.2. The van der Waals surface area contributed by atoms with Gasteiger partial charge < -0.3 is 10.1 Å². The number of hydrogen-bond donors (Lipinski definition) is 2. The van der Waals surface area contributed by atoms with Crippen LogP contribution in [-0.2, 0) is 16.4 Å². The molecular formula is C24H25N3O4S2. The van der Waals surface area contributed by atoms with E-state index in [-0.39, 0.29) is 10.0 Å². The van der Waals surface area contributed by atoms with Gasteiger partial charge in [-0.15, -0.1) is 0 Å². The lowest BCUT2D eigenvalue weighted by molar-refractivity contribution is 0.0974. The number of sulfonamides is 1. The molecule has 0 spiro atoms. The smallest absolute Gasteiger partial charge is 0.261 e. The largest absolute Gasteiger partial charge is 0.492 e. The highest BCUT2D eigenvalue weighted by Gasteiger charge is 2.17. The zero-order valence-corrected chi connectivity index (χ0v) is 19.9. The first-order chi connectivity index (χ1) is 15.8. The van der Waals surface area contributed by atoms with Crippen LogP contribution in [-0.4, -0.2) is 44.4 Å². The van der Waals surface area contributed by atoms with Gasteiger partial charge in [0.15, 0.2) is 5.11 Å². The van der Waals surface area contributed by atoms with E-state index in [0.717, 1.165) is 16.3 Å². The molecule has 0 saturated carbocycles. The number of para-hydroxylation sites is 1. The molecule has 3 rings (SSSR count). The number of nitrogens with zero attached hydrogens (tertiary/aromatic N) is 1. The van der Waals surface area contributed by atoms with Gasteiger partial charge in [0.1, 0.15) is 5.75 Å². The van der Waals surface area contributed by atoms with Gasteiger partial charge in [0, 0.05) is 26.2 Å². The predicted molar refractivity (Wildman–Crippen MR) is 133 cm³/mol. The summed E-state index contributed by atoms with van der Waals surface area (Å²) in [5.74, 6) is 0.0570. The van der Waals surface area contributed by atoms with E-state index in [0.29, 0.717) is 23.6 Å². The molecule has 0 bridgehead atoms. The standard InChI is InChI=1S/C24H25N3O4S2/c1-27(2)33(29,30)20-14-12-19(13-15-20)25-24(32)26-23(28)21-10-6-7-11-22(21)31-17-16-18-8-4-3-5-9-18/h3-15H,16-17H2,1-2H3,(H2,25,26,28,32). The quantitative estimate of drug-likeness (QED) is 0.475. The fourth-order valence-corrected chi connectivity index (χ4v) is 4.07. The summed E-state index contributed by atoms with van der Waals surface area (Å²) >= 11 is 5.24. The summed E-state index contributed by atoms with van der Waals surface area (Å²) in [7, 11) is -0.583. The molecule has 172 valence electrons. The number of thiocarbonyl (C=S) groups is 1. The number of nitrogens with one attached hydrogen (secondary N) is 2. The number of anilines is 1. The van der Waals surface area contributed by atoms with Crippen molar-refractivity contribution in [3.8, 4) is 5.75 Å². The molecule has 0 aliphatic carbocycles. The van der Waals surface area contributed by atoms with Gasteiger partial charge in [-0.2, -0.15) is 0 Å². The van der Waals surface area contributed by atoms with Gasteiger partial charge in [-0.25, -0.2) is 12.7 Å². The predicted octanol–water partition coefficient (Wildman–Crippen LogP) is 3.69. The highest BCUT2D eigenvalue weighted by Crippen LogP contribution is 2.19. The molecule has 0 aliphatic heterocycles. The Morgan fingerprint density at radius 2 is 1.58 bits per heavy atom. The Hall–Kier alpha value is -3.27. The Bertz CT molecular complexity index is 1210. The van der Waals surface area contributed by atoms with Crippen LogP contribution in [0.4, 0.5) is 5.69 Å². The van der Waals surface area contributed by atoms with Crippen LogP contribution in [0.5, 0.6) is 5.75 Å². The molecule has 2 N–H and O–H groups in total. The third-order valence-electron chi connectivity index (χ3n) is 4.74. The summed E-state index contributed by atoms with van der Waals surface area (Å²) in [6.45, 7) is 0.430. The molecular weight excluding hydrogens is 458 g/mol. The number of benzene rings is 3. The van der Waals surface area contributed by atoms with Gasteiger partial charge in [0.25, 0.3) is 5.91 Å². The number of carbonyl (C=O) groups is 1. The molecule has 1 amide bonds. The molecule has 0 heterocycles. The van der Waals surface area contributed by atoms with Gasteiger partial charge in [-0.1, -0.05) is 42.5 Å². The van der Waals surface area contributed by atoms with Gasteiger partial charge >= 0.3 is 0 Å². The van der Waals surface area contributed by atoms with Crippen molar-refractivity contribution in [2.45, 2.75) is 11.3 Å². The number of carbonyl (C=O) groups excluding carboxylic acids is 1. The number of amides is 1. The van der Waals surface area contributed by atoms with Crippen molar-refractivity contribution in [3.63, 3.8) is 0 Å². The third kappa shape index (κ3) is 6.61. The van der Waals surface area contributed by atoms with E-state index in [4.69, 9.17) is 17.0 Å². The molecule has 0 aliphatic rings. The molecule has 0 aromatic heterocycles. The van der Waals surface area contributed by atoms with Crippen LogP contribution >= 0.6 is 12.2 Å². The SMILES string of the molecule is CN(C)S(=O)(=O)c1ccc(NC(=S)NC(=O)c2ccccc2OCCc2ccccc2)cc1. The van der Waals surface area contributed by atoms with E-state index < -0.39 is 15.9 Å². The maximum absolute atomic E-state index is 12.8. The summed E-state index contributed by atoms with van der Waals surface area (Å²) in [5, 5.41) is 5.60. The lowest BCUT2D eigenvalue weighted by Gasteiger charge is -2.14. The van der Waals surface area contributed by atoms with Crippen LogP contribution < -0.4 is 15.4 Å². The van der Waals surface area contributed by atoms with E-state index in [1.54, 1.807) is 36.4 Å². The first-order valence-electron chi connectivity index (χ1n) is 10.2. The van der Waals surface area contributed by atoms with Crippen molar-refractivity contribution in [3.05, 3.63) is 90.0 Å². The van der Waals surface area contributed by atoms with Crippen molar-refractivity contribution < 1.29 is 17.9 Å². The van der Waals surface area contributed by atoms with Crippen molar-refractivity contribution in [1.82, 2.24) is 9.62 Å². The van der Waals surface area contributed by atoms with Gasteiger partial charge in [-0.05, 0) is 54.2 Å². The second-order valence-electron chi connectivity index (χ2n) is 7.30. The Morgan fingerprint density at radius 1 is 0.939 bits per heavy atom. The summed E-state index contributed by atoms with van der Waals surface area (Å²) < 4.78 is 31.3. The molecule has 0 fully saturated rings. The summed E-state index contributed by atoms with van der Waals surface area (Å²) in [4.78, 5) is 12.9. The Balaban J connectivity index is 1.59. The lowest BCUT2D eigenvalue weighted by Crippen LogP contribution is -2.34. The fourth-order valence-electron chi connectivity index (χ4n) is 2.96. The number of hydrogen-bond acceptors (Lipinski definition) is 5. The molecule has 3 aromatic carbocycles. The van der Waals surface area contributed by atoms with Gasteiger partial charge in [0.05, 0.1) is 17.1 Å². The second-order valence-corrected chi connectivity index (χ2v) is 9.86. The zero-order valence-electron chi connectivity index (χ0n) is 18.3. The van der Waals surface area contributed by atoms with E-state index in [1.165, 1.54) is 26.2 Å². The zero-order chi connectivity index (χ0) is 23.8. The third-order valence-corrected chi connectivity index (χ3v) is 6.77. The molecule has 0 saturated heterocycles. The van der Waals surface area contributed by atoms with E-state index in [2.05, 4.69) is 10.6 Å². The molecule has 7 nitrogen and oxygen atoms in total. The molecule has 0 radical (unpaired) electrons. The average molecular weight is 484 g/mol. The highest BCUT2D eigenvalue weighted by molar-refractivity contribution is 7.89. The van der Waals surface area contributed by atoms with Crippen LogP contribution in [0.2, 0.25) is 0 Å². The Labute approximate surface area is 199 Å². The number of ether oxygens (including phenoxy) is 1. The van der Waals surface area contributed by atoms with Crippen LogP contribution in [0.15, 0.2) is 83.8 Å². The monoisotopic (exact) mass is 483 g/mol. The molecule has 0 atom stereocenters. The average Bonchev–Trinajstić information content (AvgIpc) is 2.80. The second kappa shape index (κ2) is 11.0. The molecule has 3 aromatic rings. The molecule has 0 unspecified atom stereocenters. The maximum atomic E-state index is 12.8. The molecule has 33 heavy (non-hydrogen) atoms. The van der Waals surface area contributed by atoms with Crippen molar-refractivity contribution in [1.29, 1.82) is 0 Å². The minimum Gasteiger partial charge on any atom is -0.492 e. The Morgan fingerprint density at radius 3 is 2.24 bits per heavy atom. The van der Waals surface area contributed by atoms with E-state index >= 15 is 0 Å². The van der Waals surface area contributed by atoms with Crippen molar-refractivity contribution in [2.24, 2.45) is 0 Å². The van der Waals surface area contributed by atoms with Crippen LogP contribution in [0.1, 0.15) is 15.9 Å². The summed E-state index contributed by atoms with van der Waals surface area (Å²) in [5.41, 5.74) is 2.06. The number of rotatable bonds is 8. The first kappa shape index (κ1) is 24.4. The first-order valence-corrected chi connectivity index (χ1v) is 12.0. The van der Waals surface area contributed by atoms with Crippen LogP contribution in [0.3, 0.4) is 0 Å². The van der Waals surface area contributed by atoms with E-state index in [1.807, 2.05) is 30.3 Å². The Kier molecular flexibility index (Phi) is 8.16. The minimum absolute atomic E-state index is 0.0855. The lowest BCUT2D eigenvalue weighted by atomic mass is 10.1. The molecule has 9 heteroatoms. The summed E-state index contributed by atoms with van der Waals surface area (Å²) in [6, 6.07) is 23.0.